The van der Waals surface area contributed by atoms with Crippen molar-refractivity contribution in [2.45, 2.75) is 45.1 Å². The predicted molar refractivity (Wildman–Crippen MR) is 64.0 cm³/mol. The summed E-state index contributed by atoms with van der Waals surface area (Å²) < 4.78 is 10.0. The summed E-state index contributed by atoms with van der Waals surface area (Å²) in [6.45, 7) is 3.70. The molecule has 1 N–H and O–H groups in total. The van der Waals surface area contributed by atoms with Gasteiger partial charge in [-0.1, -0.05) is 19.0 Å². The van der Waals surface area contributed by atoms with Crippen LogP contribution in [-0.4, -0.2) is 23.3 Å². The van der Waals surface area contributed by atoms with Crippen LogP contribution in [0.15, 0.2) is 4.52 Å². The van der Waals surface area contributed by atoms with Crippen molar-refractivity contribution in [1.29, 1.82) is 0 Å². The lowest BCUT2D eigenvalue weighted by Gasteiger charge is -2.21. The molecule has 100 valence electrons. The molecule has 3 atom stereocenters. The van der Waals surface area contributed by atoms with E-state index in [-0.39, 0.29) is 17.8 Å². The first-order valence-corrected chi connectivity index (χ1v) is 6.30. The van der Waals surface area contributed by atoms with Crippen molar-refractivity contribution in [3.8, 4) is 0 Å². The molecular weight excluding hydrogens is 234 g/mol. The fourth-order valence-corrected chi connectivity index (χ4v) is 2.44. The number of rotatable bonds is 3. The van der Waals surface area contributed by atoms with Crippen LogP contribution in [0.2, 0.25) is 0 Å². The number of aromatic nitrogens is 1. The Bertz CT molecular complexity index is 440. The molecule has 0 saturated carbocycles. The van der Waals surface area contributed by atoms with Gasteiger partial charge in [0.1, 0.15) is 5.76 Å². The van der Waals surface area contributed by atoms with Crippen molar-refractivity contribution in [3.63, 3.8) is 0 Å². The Hall–Kier alpha value is -1.36. The van der Waals surface area contributed by atoms with E-state index in [9.17, 15) is 9.90 Å². The molecule has 1 aromatic rings. The monoisotopic (exact) mass is 253 g/mol. The van der Waals surface area contributed by atoms with Crippen LogP contribution in [0.25, 0.3) is 0 Å². The summed E-state index contributed by atoms with van der Waals surface area (Å²) in [5.41, 5.74) is 1.47. The van der Waals surface area contributed by atoms with Gasteiger partial charge < -0.3 is 14.4 Å². The van der Waals surface area contributed by atoms with Crippen molar-refractivity contribution in [1.82, 2.24) is 5.16 Å². The van der Waals surface area contributed by atoms with Crippen LogP contribution in [0.3, 0.4) is 0 Å². The second kappa shape index (κ2) is 5.10. The molecule has 3 unspecified atom stereocenters. The number of esters is 1. The fraction of sp³-hybridized carbons (Fsp3) is 0.692. The number of fused-ring (bicyclic) bond motifs is 1. The highest BCUT2D eigenvalue weighted by atomic mass is 16.5. The average Bonchev–Trinajstić information content (AvgIpc) is 2.81. The number of nitrogens with zero attached hydrogens (tertiary/aromatic N) is 1. The zero-order valence-electron chi connectivity index (χ0n) is 11.0. The number of aliphatic hydroxyl groups excluding tert-OH is 1. The van der Waals surface area contributed by atoms with Gasteiger partial charge in [0.25, 0.3) is 0 Å². The van der Waals surface area contributed by atoms with E-state index in [2.05, 4.69) is 5.16 Å². The van der Waals surface area contributed by atoms with Gasteiger partial charge in [0.2, 0.25) is 0 Å². The molecule has 5 heteroatoms. The van der Waals surface area contributed by atoms with Gasteiger partial charge in [0.05, 0.1) is 24.8 Å². The van der Waals surface area contributed by atoms with Crippen LogP contribution in [0.4, 0.5) is 0 Å². The highest BCUT2D eigenvalue weighted by Crippen LogP contribution is 2.37. The van der Waals surface area contributed by atoms with E-state index in [1.165, 1.54) is 7.11 Å². The molecule has 1 aromatic heterocycles. The summed E-state index contributed by atoms with van der Waals surface area (Å²) >= 11 is 0. The Morgan fingerprint density at radius 1 is 1.56 bits per heavy atom. The molecule has 0 aliphatic heterocycles. The topological polar surface area (TPSA) is 72.6 Å². The van der Waals surface area contributed by atoms with Crippen LogP contribution in [-0.2, 0) is 16.0 Å². The van der Waals surface area contributed by atoms with Crippen molar-refractivity contribution in [2.24, 2.45) is 5.92 Å². The second-order valence-corrected chi connectivity index (χ2v) is 4.91. The molecule has 1 heterocycles. The number of aryl methyl sites for hydroxylation is 1. The number of hydrogen-bond donors (Lipinski definition) is 1. The third kappa shape index (κ3) is 2.14. The third-order valence-corrected chi connectivity index (χ3v) is 3.80. The molecule has 0 radical (unpaired) electrons. The Morgan fingerprint density at radius 2 is 2.28 bits per heavy atom. The zero-order chi connectivity index (χ0) is 13.3. The van der Waals surface area contributed by atoms with E-state index in [1.54, 1.807) is 6.92 Å². The van der Waals surface area contributed by atoms with Gasteiger partial charge in [0, 0.05) is 17.9 Å². The Balaban J connectivity index is 2.29. The van der Waals surface area contributed by atoms with E-state index in [1.807, 2.05) is 6.92 Å². The molecule has 0 saturated heterocycles. The van der Waals surface area contributed by atoms with Gasteiger partial charge in [-0.3, -0.25) is 4.79 Å². The van der Waals surface area contributed by atoms with Crippen LogP contribution < -0.4 is 0 Å². The first kappa shape index (κ1) is 13.1. The molecule has 5 nitrogen and oxygen atoms in total. The standard InChI is InChI=1S/C13H19NO4/c1-7(8(2)13(16)17-3)12-11-9(15)5-4-6-10(11)18-14-12/h7-9,15H,4-6H2,1-3H3. The number of carbonyl (C=O) groups excluding carboxylic acids is 1. The summed E-state index contributed by atoms with van der Waals surface area (Å²) in [4.78, 5) is 11.6. The largest absolute Gasteiger partial charge is 0.469 e. The van der Waals surface area contributed by atoms with Crippen molar-refractivity contribution in [3.05, 3.63) is 17.0 Å². The van der Waals surface area contributed by atoms with Gasteiger partial charge in [-0.2, -0.15) is 0 Å². The fourth-order valence-electron chi connectivity index (χ4n) is 2.44. The second-order valence-electron chi connectivity index (χ2n) is 4.91. The van der Waals surface area contributed by atoms with E-state index in [0.29, 0.717) is 5.69 Å². The highest BCUT2D eigenvalue weighted by molar-refractivity contribution is 5.73. The molecule has 0 aromatic carbocycles. The molecule has 1 aliphatic rings. The van der Waals surface area contributed by atoms with Crippen LogP contribution in [0.5, 0.6) is 0 Å². The predicted octanol–water partition coefficient (Wildman–Crippen LogP) is 1.96. The molecule has 1 aliphatic carbocycles. The molecule has 0 fully saturated rings. The number of ether oxygens (including phenoxy) is 1. The molecule has 0 amide bonds. The normalized spacial score (nSPS) is 22.1. The Kier molecular flexibility index (Phi) is 3.71. The SMILES string of the molecule is COC(=O)C(C)C(C)c1noc2c1C(O)CCC2. The van der Waals surface area contributed by atoms with Crippen molar-refractivity contribution >= 4 is 5.97 Å². The maximum absolute atomic E-state index is 11.6. The van der Waals surface area contributed by atoms with Crippen LogP contribution in [0, 0.1) is 5.92 Å². The maximum atomic E-state index is 11.6. The first-order valence-electron chi connectivity index (χ1n) is 6.30. The zero-order valence-corrected chi connectivity index (χ0v) is 11.0. The van der Waals surface area contributed by atoms with Gasteiger partial charge in [-0.05, 0) is 12.8 Å². The first-order chi connectivity index (χ1) is 8.56. The van der Waals surface area contributed by atoms with Gasteiger partial charge in [0.15, 0.2) is 0 Å². The molecular formula is C13H19NO4. The highest BCUT2D eigenvalue weighted by Gasteiger charge is 2.33. The summed E-state index contributed by atoms with van der Waals surface area (Å²) in [6, 6.07) is 0. The van der Waals surface area contributed by atoms with Gasteiger partial charge in [-0.15, -0.1) is 0 Å². The lowest BCUT2D eigenvalue weighted by atomic mass is 9.85. The quantitative estimate of drug-likeness (QED) is 0.833. The summed E-state index contributed by atoms with van der Waals surface area (Å²) in [5, 5.41) is 14.1. The van der Waals surface area contributed by atoms with Crippen LogP contribution >= 0.6 is 0 Å². The lowest BCUT2D eigenvalue weighted by Crippen LogP contribution is -2.21. The molecule has 0 spiro atoms. The lowest BCUT2D eigenvalue weighted by molar-refractivity contribution is -0.145. The third-order valence-electron chi connectivity index (χ3n) is 3.80. The van der Waals surface area contributed by atoms with Crippen LogP contribution in [0.1, 0.15) is 55.7 Å². The number of methoxy groups -OCH3 is 1. The summed E-state index contributed by atoms with van der Waals surface area (Å²) in [6.07, 6.45) is 1.91. The number of carbonyl (C=O) groups is 1. The Labute approximate surface area is 106 Å². The number of hydrogen-bond acceptors (Lipinski definition) is 5. The van der Waals surface area contributed by atoms with E-state index >= 15 is 0 Å². The van der Waals surface area contributed by atoms with E-state index in [4.69, 9.17) is 9.26 Å². The van der Waals surface area contributed by atoms with E-state index < -0.39 is 6.10 Å². The minimum atomic E-state index is -0.526. The molecule has 2 rings (SSSR count). The molecule has 0 bridgehead atoms. The Morgan fingerprint density at radius 3 is 2.94 bits per heavy atom. The summed E-state index contributed by atoms with van der Waals surface area (Å²) in [5.74, 6) is 0.0493. The summed E-state index contributed by atoms with van der Waals surface area (Å²) in [7, 11) is 1.37. The minimum absolute atomic E-state index is 0.127. The molecule has 18 heavy (non-hydrogen) atoms. The average molecular weight is 253 g/mol. The van der Waals surface area contributed by atoms with Gasteiger partial charge in [-0.25, -0.2) is 0 Å². The smallest absolute Gasteiger partial charge is 0.309 e. The minimum Gasteiger partial charge on any atom is -0.469 e. The number of aliphatic hydroxyl groups is 1. The van der Waals surface area contributed by atoms with Crippen molar-refractivity contribution < 1.29 is 19.2 Å². The van der Waals surface area contributed by atoms with E-state index in [0.717, 1.165) is 30.6 Å². The van der Waals surface area contributed by atoms with Gasteiger partial charge >= 0.3 is 5.97 Å². The van der Waals surface area contributed by atoms with Crippen molar-refractivity contribution in [2.75, 3.05) is 7.11 Å². The maximum Gasteiger partial charge on any atom is 0.309 e.